The Morgan fingerprint density at radius 2 is 1.88 bits per heavy atom. The highest BCUT2D eigenvalue weighted by Crippen LogP contribution is 1.91. The molecule has 1 N–H and O–H groups in total. The van der Waals surface area contributed by atoms with Gasteiger partial charge in [-0.1, -0.05) is 13.8 Å². The second-order valence-electron chi connectivity index (χ2n) is 2.48. The van der Waals surface area contributed by atoms with Gasteiger partial charge in [0.1, 0.15) is 0 Å². The fraction of sp³-hybridized carbons (Fsp3) is 1.00. The van der Waals surface area contributed by atoms with E-state index < -0.39 is 0 Å². The Morgan fingerprint density at radius 1 is 1.38 bits per heavy atom. The lowest BCUT2D eigenvalue weighted by Crippen LogP contribution is -2.24. The van der Waals surface area contributed by atoms with E-state index in [-0.39, 0.29) is 0 Å². The molecule has 0 heterocycles. The van der Waals surface area contributed by atoms with Gasteiger partial charge < -0.3 is 5.32 Å². The summed E-state index contributed by atoms with van der Waals surface area (Å²) in [5, 5.41) is 3.54. The molecule has 0 spiro atoms. The Balaban J connectivity index is 2.93. The van der Waals surface area contributed by atoms with Crippen LogP contribution in [0.2, 0.25) is 0 Å². The predicted octanol–water partition coefficient (Wildman–Crippen LogP) is 1.51. The van der Waals surface area contributed by atoms with Crippen LogP contribution in [0, 0.1) is 5.92 Å². The van der Waals surface area contributed by atoms with Crippen LogP contribution in [0.3, 0.4) is 0 Å². The maximum atomic E-state index is 4.16. The SMILES string of the molecule is CC(C)CNC(C)S. The second-order valence-corrected chi connectivity index (χ2v) is 3.25. The van der Waals surface area contributed by atoms with Crippen LogP contribution < -0.4 is 5.32 Å². The van der Waals surface area contributed by atoms with E-state index >= 15 is 0 Å². The standard InChI is InChI=1S/C6H15NS/c1-5(2)4-7-6(3)8/h5-8H,4H2,1-3H3. The third-order valence-corrected chi connectivity index (χ3v) is 1.00. The molecule has 0 aromatic carbocycles. The van der Waals surface area contributed by atoms with Crippen LogP contribution in [0.15, 0.2) is 0 Å². The molecule has 0 aromatic rings. The van der Waals surface area contributed by atoms with Crippen LogP contribution in [0.1, 0.15) is 20.8 Å². The van der Waals surface area contributed by atoms with Crippen molar-refractivity contribution in [2.24, 2.45) is 5.92 Å². The van der Waals surface area contributed by atoms with Crippen LogP contribution in [0.25, 0.3) is 0 Å². The molecule has 8 heavy (non-hydrogen) atoms. The summed E-state index contributed by atoms with van der Waals surface area (Å²) in [6.07, 6.45) is 0. The maximum absolute atomic E-state index is 4.16. The molecule has 0 rings (SSSR count). The first-order chi connectivity index (χ1) is 3.63. The van der Waals surface area contributed by atoms with Crippen molar-refractivity contribution < 1.29 is 0 Å². The van der Waals surface area contributed by atoms with Gasteiger partial charge in [-0.25, -0.2) is 0 Å². The van der Waals surface area contributed by atoms with E-state index in [1.54, 1.807) is 0 Å². The molecule has 1 nitrogen and oxygen atoms in total. The predicted molar refractivity (Wildman–Crippen MR) is 41.3 cm³/mol. The third kappa shape index (κ3) is 6.31. The Hall–Kier alpha value is 0.310. The lowest BCUT2D eigenvalue weighted by molar-refractivity contribution is 0.552. The van der Waals surface area contributed by atoms with E-state index in [0.29, 0.717) is 5.37 Å². The number of rotatable bonds is 3. The fourth-order valence-electron chi connectivity index (χ4n) is 0.406. The first-order valence-electron chi connectivity index (χ1n) is 3.04. The summed E-state index contributed by atoms with van der Waals surface area (Å²) in [7, 11) is 0. The van der Waals surface area contributed by atoms with Crippen molar-refractivity contribution in [3.63, 3.8) is 0 Å². The number of nitrogens with one attached hydrogen (secondary N) is 1. The summed E-state index contributed by atoms with van der Waals surface area (Å²) in [5.41, 5.74) is 0. The van der Waals surface area contributed by atoms with Crippen molar-refractivity contribution >= 4 is 12.6 Å². The second kappa shape index (κ2) is 4.21. The lowest BCUT2D eigenvalue weighted by atomic mass is 10.2. The highest BCUT2D eigenvalue weighted by molar-refractivity contribution is 7.80. The zero-order valence-electron chi connectivity index (χ0n) is 5.81. The Morgan fingerprint density at radius 3 is 2.00 bits per heavy atom. The highest BCUT2D eigenvalue weighted by atomic mass is 32.1. The molecule has 2 heteroatoms. The van der Waals surface area contributed by atoms with E-state index in [1.807, 2.05) is 6.92 Å². The summed E-state index contributed by atoms with van der Waals surface area (Å²) in [5.74, 6) is 0.726. The van der Waals surface area contributed by atoms with Crippen molar-refractivity contribution in [3.05, 3.63) is 0 Å². The molecule has 0 bridgehead atoms. The zero-order chi connectivity index (χ0) is 6.57. The van der Waals surface area contributed by atoms with E-state index in [2.05, 4.69) is 31.8 Å². The Bertz CT molecular complexity index is 44.5. The molecule has 0 aliphatic rings. The normalized spacial score (nSPS) is 14.6. The minimum absolute atomic E-state index is 0.331. The van der Waals surface area contributed by atoms with Crippen LogP contribution in [-0.4, -0.2) is 11.9 Å². The third-order valence-electron chi connectivity index (χ3n) is 0.822. The van der Waals surface area contributed by atoms with Crippen molar-refractivity contribution in [2.45, 2.75) is 26.1 Å². The first-order valence-corrected chi connectivity index (χ1v) is 3.56. The lowest BCUT2D eigenvalue weighted by Gasteiger charge is -2.08. The summed E-state index contributed by atoms with van der Waals surface area (Å²) >= 11 is 4.16. The quantitative estimate of drug-likeness (QED) is 0.439. The molecule has 0 amide bonds. The average Bonchev–Trinajstić information content (AvgIpc) is 1.61. The van der Waals surface area contributed by atoms with E-state index in [4.69, 9.17) is 0 Å². The van der Waals surface area contributed by atoms with Gasteiger partial charge in [-0.2, -0.15) is 12.6 Å². The van der Waals surface area contributed by atoms with Crippen LogP contribution in [0.4, 0.5) is 0 Å². The van der Waals surface area contributed by atoms with Gasteiger partial charge in [-0.3, -0.25) is 0 Å². The molecule has 1 unspecified atom stereocenters. The molecule has 0 fully saturated rings. The van der Waals surface area contributed by atoms with Crippen molar-refractivity contribution in [3.8, 4) is 0 Å². The minimum Gasteiger partial charge on any atom is -0.306 e. The zero-order valence-corrected chi connectivity index (χ0v) is 6.70. The average molecular weight is 133 g/mol. The Labute approximate surface area is 57.3 Å². The number of thiol groups is 1. The topological polar surface area (TPSA) is 12.0 Å². The summed E-state index contributed by atoms with van der Waals surface area (Å²) in [6, 6.07) is 0. The van der Waals surface area contributed by atoms with Gasteiger partial charge >= 0.3 is 0 Å². The molecule has 50 valence electrons. The minimum atomic E-state index is 0.331. The number of hydrogen-bond donors (Lipinski definition) is 2. The van der Waals surface area contributed by atoms with Gasteiger partial charge in [0.15, 0.2) is 0 Å². The van der Waals surface area contributed by atoms with E-state index in [0.717, 1.165) is 12.5 Å². The van der Waals surface area contributed by atoms with Gasteiger partial charge in [0.05, 0.1) is 0 Å². The fourth-order valence-corrected chi connectivity index (χ4v) is 0.512. The van der Waals surface area contributed by atoms with Crippen LogP contribution >= 0.6 is 12.6 Å². The molecular formula is C6H15NS. The van der Waals surface area contributed by atoms with Gasteiger partial charge in [0.2, 0.25) is 0 Å². The molecule has 0 saturated heterocycles. The van der Waals surface area contributed by atoms with Crippen LogP contribution in [-0.2, 0) is 0 Å². The first kappa shape index (κ1) is 8.31. The Kier molecular flexibility index (Phi) is 4.38. The van der Waals surface area contributed by atoms with Crippen molar-refractivity contribution in [1.29, 1.82) is 0 Å². The summed E-state index contributed by atoms with van der Waals surface area (Å²) in [4.78, 5) is 0. The monoisotopic (exact) mass is 133 g/mol. The van der Waals surface area contributed by atoms with E-state index in [9.17, 15) is 0 Å². The smallest absolute Gasteiger partial charge is 0.0473 e. The molecule has 1 atom stereocenters. The van der Waals surface area contributed by atoms with Crippen molar-refractivity contribution in [2.75, 3.05) is 6.54 Å². The van der Waals surface area contributed by atoms with Gasteiger partial charge in [0, 0.05) is 5.37 Å². The molecule has 0 aliphatic heterocycles. The summed E-state index contributed by atoms with van der Waals surface area (Å²) < 4.78 is 0. The molecule has 0 aliphatic carbocycles. The van der Waals surface area contributed by atoms with Gasteiger partial charge in [-0.15, -0.1) is 0 Å². The number of hydrogen-bond acceptors (Lipinski definition) is 2. The summed E-state index contributed by atoms with van der Waals surface area (Å²) in [6.45, 7) is 7.46. The molecule has 0 saturated carbocycles. The van der Waals surface area contributed by atoms with Crippen LogP contribution in [0.5, 0.6) is 0 Å². The van der Waals surface area contributed by atoms with Gasteiger partial charge in [0.25, 0.3) is 0 Å². The van der Waals surface area contributed by atoms with Gasteiger partial charge in [-0.05, 0) is 19.4 Å². The van der Waals surface area contributed by atoms with E-state index in [1.165, 1.54) is 0 Å². The van der Waals surface area contributed by atoms with Crippen molar-refractivity contribution in [1.82, 2.24) is 5.32 Å². The maximum Gasteiger partial charge on any atom is 0.0473 e. The molecule has 0 radical (unpaired) electrons. The molecule has 0 aromatic heterocycles. The largest absolute Gasteiger partial charge is 0.306 e. The molecular weight excluding hydrogens is 118 g/mol. The highest BCUT2D eigenvalue weighted by Gasteiger charge is 1.93.